The molecular weight excluding hydrogens is 390 g/mol. The molecule has 0 aliphatic carbocycles. The van der Waals surface area contributed by atoms with Gasteiger partial charge < -0.3 is 10.2 Å². The molecule has 1 N–H and O–H groups in total. The van der Waals surface area contributed by atoms with Crippen LogP contribution in [0.3, 0.4) is 0 Å². The van der Waals surface area contributed by atoms with Crippen LogP contribution in [0, 0.1) is 12.8 Å². The number of nitrogens with zero attached hydrogens (tertiary/aromatic N) is 2. The number of fused-ring (bicyclic) bond motifs is 1. The molecular formula is C22H24ClN3OS. The van der Waals surface area contributed by atoms with Gasteiger partial charge in [-0.25, -0.2) is 4.98 Å². The van der Waals surface area contributed by atoms with Gasteiger partial charge in [-0.15, -0.1) is 0 Å². The largest absolute Gasteiger partial charge is 0.355 e. The van der Waals surface area contributed by atoms with Crippen molar-refractivity contribution in [2.45, 2.75) is 26.2 Å². The summed E-state index contributed by atoms with van der Waals surface area (Å²) in [6.07, 6.45) is 2.77. The highest BCUT2D eigenvalue weighted by atomic mass is 35.5. The number of rotatable bonds is 5. The number of aromatic nitrogens is 1. The summed E-state index contributed by atoms with van der Waals surface area (Å²) in [7, 11) is 0. The van der Waals surface area contributed by atoms with Crippen molar-refractivity contribution in [2.75, 3.05) is 24.5 Å². The summed E-state index contributed by atoms with van der Waals surface area (Å²) in [5, 5.41) is 4.87. The van der Waals surface area contributed by atoms with Crippen LogP contribution in [0.15, 0.2) is 42.5 Å². The van der Waals surface area contributed by atoms with Crippen molar-refractivity contribution in [3.63, 3.8) is 0 Å². The lowest BCUT2D eigenvalue weighted by Gasteiger charge is -2.31. The molecule has 1 amide bonds. The second-order valence-electron chi connectivity index (χ2n) is 7.42. The standard InChI is InChI=1S/C22H24ClN3OS/c1-15-4-9-19-20(13-15)28-22(25-19)26-12-2-3-17(14-26)21(27)24-11-10-16-5-7-18(23)8-6-16/h4-9,13,17H,2-3,10-12,14H2,1H3,(H,24,27). The number of benzene rings is 2. The van der Waals surface area contributed by atoms with Gasteiger partial charge in [0, 0.05) is 24.7 Å². The fourth-order valence-electron chi connectivity index (χ4n) is 3.65. The molecule has 1 aromatic heterocycles. The smallest absolute Gasteiger partial charge is 0.224 e. The van der Waals surface area contributed by atoms with E-state index in [9.17, 15) is 4.79 Å². The lowest BCUT2D eigenvalue weighted by atomic mass is 9.97. The molecule has 0 bridgehead atoms. The normalized spacial score (nSPS) is 17.1. The zero-order valence-electron chi connectivity index (χ0n) is 16.0. The average Bonchev–Trinajstić information content (AvgIpc) is 3.13. The first-order chi connectivity index (χ1) is 13.6. The number of nitrogens with one attached hydrogen (secondary N) is 1. The molecule has 0 saturated carbocycles. The predicted octanol–water partition coefficient (Wildman–Crippen LogP) is 4.83. The van der Waals surface area contributed by atoms with Crippen LogP contribution in [0.25, 0.3) is 10.2 Å². The number of hydrogen-bond acceptors (Lipinski definition) is 4. The van der Waals surface area contributed by atoms with E-state index in [1.165, 1.54) is 15.8 Å². The molecule has 6 heteroatoms. The second kappa shape index (κ2) is 8.50. The van der Waals surface area contributed by atoms with Gasteiger partial charge in [0.15, 0.2) is 5.13 Å². The first-order valence-corrected chi connectivity index (χ1v) is 10.9. The van der Waals surface area contributed by atoms with Crippen molar-refractivity contribution in [3.8, 4) is 0 Å². The first-order valence-electron chi connectivity index (χ1n) is 9.73. The third-order valence-electron chi connectivity index (χ3n) is 5.22. The van der Waals surface area contributed by atoms with Crippen molar-refractivity contribution >= 4 is 44.2 Å². The van der Waals surface area contributed by atoms with E-state index in [-0.39, 0.29) is 11.8 Å². The Morgan fingerprint density at radius 1 is 1.29 bits per heavy atom. The van der Waals surface area contributed by atoms with E-state index in [4.69, 9.17) is 16.6 Å². The SMILES string of the molecule is Cc1ccc2nc(N3CCCC(C(=O)NCCc4ccc(Cl)cc4)C3)sc2c1. The molecule has 28 heavy (non-hydrogen) atoms. The highest BCUT2D eigenvalue weighted by Crippen LogP contribution is 2.32. The Hall–Kier alpha value is -2.11. The number of anilines is 1. The summed E-state index contributed by atoms with van der Waals surface area (Å²) in [6.45, 7) is 4.46. The molecule has 3 aromatic rings. The molecule has 0 spiro atoms. The average molecular weight is 414 g/mol. The fraction of sp³-hybridized carbons (Fsp3) is 0.364. The molecule has 146 valence electrons. The molecule has 4 rings (SSSR count). The molecule has 1 unspecified atom stereocenters. The van der Waals surface area contributed by atoms with Crippen LogP contribution in [0.2, 0.25) is 5.02 Å². The summed E-state index contributed by atoms with van der Waals surface area (Å²) in [5.74, 6) is 0.170. The van der Waals surface area contributed by atoms with E-state index < -0.39 is 0 Å². The topological polar surface area (TPSA) is 45.2 Å². The van der Waals surface area contributed by atoms with Gasteiger partial charge in [-0.3, -0.25) is 4.79 Å². The third kappa shape index (κ3) is 4.47. The van der Waals surface area contributed by atoms with Crippen molar-refractivity contribution in [1.82, 2.24) is 10.3 Å². The Bertz CT molecular complexity index is 970. The summed E-state index contributed by atoms with van der Waals surface area (Å²) < 4.78 is 1.21. The summed E-state index contributed by atoms with van der Waals surface area (Å²) in [4.78, 5) is 19.7. The van der Waals surface area contributed by atoms with E-state index in [0.29, 0.717) is 6.54 Å². The minimum Gasteiger partial charge on any atom is -0.355 e. The molecule has 2 aromatic carbocycles. The predicted molar refractivity (Wildman–Crippen MR) is 117 cm³/mol. The Kier molecular flexibility index (Phi) is 5.83. The highest BCUT2D eigenvalue weighted by molar-refractivity contribution is 7.22. The van der Waals surface area contributed by atoms with Gasteiger partial charge in [0.2, 0.25) is 5.91 Å². The number of halogens is 1. The van der Waals surface area contributed by atoms with Crippen molar-refractivity contribution < 1.29 is 4.79 Å². The Morgan fingerprint density at radius 3 is 2.93 bits per heavy atom. The number of thiazole rings is 1. The van der Waals surface area contributed by atoms with E-state index in [0.717, 1.165) is 48.0 Å². The number of carbonyl (C=O) groups excluding carboxylic acids is 1. The summed E-state index contributed by atoms with van der Waals surface area (Å²) in [6, 6.07) is 14.1. The Balaban J connectivity index is 1.34. The van der Waals surface area contributed by atoms with E-state index in [1.807, 2.05) is 24.3 Å². The van der Waals surface area contributed by atoms with Crippen LogP contribution in [0.5, 0.6) is 0 Å². The van der Waals surface area contributed by atoms with Gasteiger partial charge in [0.1, 0.15) is 0 Å². The molecule has 4 nitrogen and oxygen atoms in total. The fourth-order valence-corrected chi connectivity index (χ4v) is 4.87. The van der Waals surface area contributed by atoms with Crippen LogP contribution in [-0.4, -0.2) is 30.5 Å². The number of hydrogen-bond donors (Lipinski definition) is 1. The Labute approximate surface area is 174 Å². The number of amides is 1. The quantitative estimate of drug-likeness (QED) is 0.651. The molecule has 1 atom stereocenters. The van der Waals surface area contributed by atoms with Crippen LogP contribution in [0.1, 0.15) is 24.0 Å². The first kappa shape index (κ1) is 19.2. The van der Waals surface area contributed by atoms with Gasteiger partial charge in [-0.05, 0) is 61.6 Å². The lowest BCUT2D eigenvalue weighted by molar-refractivity contribution is -0.125. The molecule has 0 radical (unpaired) electrons. The maximum Gasteiger partial charge on any atom is 0.224 e. The van der Waals surface area contributed by atoms with Gasteiger partial charge in [0.05, 0.1) is 16.1 Å². The van der Waals surface area contributed by atoms with Crippen molar-refractivity contribution in [1.29, 1.82) is 0 Å². The van der Waals surface area contributed by atoms with E-state index in [2.05, 4.69) is 35.3 Å². The minimum absolute atomic E-state index is 0.0210. The summed E-state index contributed by atoms with van der Waals surface area (Å²) >= 11 is 7.64. The monoisotopic (exact) mass is 413 g/mol. The molecule has 1 saturated heterocycles. The van der Waals surface area contributed by atoms with E-state index >= 15 is 0 Å². The van der Waals surface area contributed by atoms with Crippen molar-refractivity contribution in [2.24, 2.45) is 5.92 Å². The minimum atomic E-state index is 0.0210. The zero-order valence-corrected chi connectivity index (χ0v) is 17.5. The number of carbonyl (C=O) groups is 1. The summed E-state index contributed by atoms with van der Waals surface area (Å²) in [5.41, 5.74) is 3.47. The maximum atomic E-state index is 12.7. The van der Waals surface area contributed by atoms with Gasteiger partial charge in [0.25, 0.3) is 0 Å². The van der Waals surface area contributed by atoms with Crippen LogP contribution >= 0.6 is 22.9 Å². The van der Waals surface area contributed by atoms with Crippen molar-refractivity contribution in [3.05, 3.63) is 58.6 Å². The molecule has 1 fully saturated rings. The molecule has 2 heterocycles. The number of piperidine rings is 1. The highest BCUT2D eigenvalue weighted by Gasteiger charge is 2.27. The maximum absolute atomic E-state index is 12.7. The number of aryl methyl sites for hydroxylation is 1. The molecule has 1 aliphatic heterocycles. The lowest BCUT2D eigenvalue weighted by Crippen LogP contribution is -2.43. The van der Waals surface area contributed by atoms with E-state index in [1.54, 1.807) is 11.3 Å². The van der Waals surface area contributed by atoms with Gasteiger partial charge in [-0.2, -0.15) is 0 Å². The van der Waals surface area contributed by atoms with Gasteiger partial charge >= 0.3 is 0 Å². The van der Waals surface area contributed by atoms with Gasteiger partial charge in [-0.1, -0.05) is 41.1 Å². The van der Waals surface area contributed by atoms with Crippen LogP contribution < -0.4 is 10.2 Å². The zero-order chi connectivity index (χ0) is 19.5. The Morgan fingerprint density at radius 2 is 2.11 bits per heavy atom. The molecule has 1 aliphatic rings. The second-order valence-corrected chi connectivity index (χ2v) is 8.87. The van der Waals surface area contributed by atoms with Crippen LogP contribution in [0.4, 0.5) is 5.13 Å². The van der Waals surface area contributed by atoms with Crippen LogP contribution in [-0.2, 0) is 11.2 Å². The third-order valence-corrected chi connectivity index (χ3v) is 6.55.